The van der Waals surface area contributed by atoms with Gasteiger partial charge < -0.3 is 9.47 Å². The number of rotatable bonds is 4. The summed E-state index contributed by atoms with van der Waals surface area (Å²) in [7, 11) is 2.97. The zero-order chi connectivity index (χ0) is 17.9. The van der Waals surface area contributed by atoms with Gasteiger partial charge in [-0.25, -0.2) is 0 Å². The summed E-state index contributed by atoms with van der Waals surface area (Å²) in [6.45, 7) is 0.0897. The second-order valence-corrected chi connectivity index (χ2v) is 5.94. The van der Waals surface area contributed by atoms with Crippen molar-refractivity contribution in [2.75, 3.05) is 20.8 Å². The molecule has 0 bridgehead atoms. The highest BCUT2D eigenvalue weighted by molar-refractivity contribution is 9.10. The van der Waals surface area contributed by atoms with E-state index in [1.807, 2.05) is 0 Å². The van der Waals surface area contributed by atoms with Crippen LogP contribution >= 0.6 is 28.1 Å². The van der Waals surface area contributed by atoms with Crippen molar-refractivity contribution in [3.8, 4) is 23.8 Å². The van der Waals surface area contributed by atoms with Gasteiger partial charge in [0.1, 0.15) is 12.2 Å². The molecular weight excluding hydrogens is 396 g/mol. The summed E-state index contributed by atoms with van der Waals surface area (Å²) < 4.78 is 11.3. The molecule has 1 N–H and O–H groups in total. The van der Waals surface area contributed by atoms with Gasteiger partial charge in [-0.1, -0.05) is 21.9 Å². The van der Waals surface area contributed by atoms with Crippen LogP contribution in [0.2, 0.25) is 0 Å². The number of hydrogen-bond acceptors (Lipinski definition) is 5. The van der Waals surface area contributed by atoms with Crippen LogP contribution < -0.4 is 14.8 Å². The van der Waals surface area contributed by atoms with E-state index in [-0.39, 0.29) is 17.3 Å². The predicted molar refractivity (Wildman–Crippen MR) is 96.5 cm³/mol. The Balaban J connectivity index is 2.45. The van der Waals surface area contributed by atoms with Crippen molar-refractivity contribution in [1.82, 2.24) is 10.2 Å². The number of likely N-dealkylation sites (N-methyl/N-ethyl adjacent to an activating group) is 1. The van der Waals surface area contributed by atoms with E-state index in [1.54, 1.807) is 12.1 Å². The fourth-order valence-corrected chi connectivity index (χ4v) is 2.57. The van der Waals surface area contributed by atoms with Crippen LogP contribution in [0, 0.1) is 12.3 Å². The van der Waals surface area contributed by atoms with Crippen LogP contribution in [0.5, 0.6) is 11.5 Å². The van der Waals surface area contributed by atoms with E-state index in [9.17, 15) is 9.59 Å². The second-order valence-electron chi connectivity index (χ2n) is 4.70. The van der Waals surface area contributed by atoms with Crippen molar-refractivity contribution in [1.29, 1.82) is 0 Å². The average molecular weight is 409 g/mol. The summed E-state index contributed by atoms with van der Waals surface area (Å²) in [4.78, 5) is 25.5. The normalized spacial score (nSPS) is 16.0. The van der Waals surface area contributed by atoms with Gasteiger partial charge in [-0.05, 0) is 36.0 Å². The molecule has 124 valence electrons. The van der Waals surface area contributed by atoms with Crippen LogP contribution in [0.3, 0.4) is 0 Å². The van der Waals surface area contributed by atoms with Gasteiger partial charge in [-0.15, -0.1) is 6.42 Å². The highest BCUT2D eigenvalue weighted by Gasteiger charge is 2.31. The molecule has 24 heavy (non-hydrogen) atoms. The maximum absolute atomic E-state index is 12.2. The first-order chi connectivity index (χ1) is 11.4. The smallest absolute Gasteiger partial charge is 0.265 e. The third-order valence-corrected chi connectivity index (χ3v) is 4.26. The molecule has 2 amide bonds. The van der Waals surface area contributed by atoms with Crippen molar-refractivity contribution in [3.63, 3.8) is 0 Å². The molecule has 0 spiro atoms. The van der Waals surface area contributed by atoms with Gasteiger partial charge in [0.25, 0.3) is 11.8 Å². The van der Waals surface area contributed by atoms with Gasteiger partial charge in [0.05, 0.1) is 7.11 Å². The first-order valence-electron chi connectivity index (χ1n) is 6.68. The van der Waals surface area contributed by atoms with Crippen LogP contribution in [0.25, 0.3) is 6.08 Å². The molecule has 8 heteroatoms. The lowest BCUT2D eigenvalue weighted by Gasteiger charge is -2.25. The number of methoxy groups -OCH3 is 1. The third-order valence-electron chi connectivity index (χ3n) is 3.20. The molecule has 0 saturated carbocycles. The molecule has 0 atom stereocenters. The molecule has 1 aromatic rings. The minimum Gasteiger partial charge on any atom is -0.493 e. The van der Waals surface area contributed by atoms with Gasteiger partial charge in [0.15, 0.2) is 16.6 Å². The minimum absolute atomic E-state index is 0.0360. The Bertz CT molecular complexity index is 798. The molecular formula is C16H13BrN2O4S. The lowest BCUT2D eigenvalue weighted by atomic mass is 10.1. The summed E-state index contributed by atoms with van der Waals surface area (Å²) in [6, 6.07) is 3.29. The molecule has 1 saturated heterocycles. The maximum Gasteiger partial charge on any atom is 0.265 e. The van der Waals surface area contributed by atoms with Crippen molar-refractivity contribution < 1.29 is 19.1 Å². The monoisotopic (exact) mass is 408 g/mol. The Morgan fingerprint density at radius 3 is 2.75 bits per heavy atom. The first-order valence-corrected chi connectivity index (χ1v) is 7.88. The van der Waals surface area contributed by atoms with Crippen molar-refractivity contribution in [3.05, 3.63) is 27.7 Å². The fraction of sp³-hybridized carbons (Fsp3) is 0.188. The lowest BCUT2D eigenvalue weighted by molar-refractivity contribution is -0.128. The van der Waals surface area contributed by atoms with Crippen LogP contribution in [0.1, 0.15) is 5.56 Å². The highest BCUT2D eigenvalue weighted by atomic mass is 79.9. The number of hydrogen-bond donors (Lipinski definition) is 1. The number of amides is 2. The number of carbonyl (C=O) groups excluding carboxylic acids is 2. The van der Waals surface area contributed by atoms with Crippen molar-refractivity contribution in [2.24, 2.45) is 0 Å². The Hall–Kier alpha value is -2.37. The maximum atomic E-state index is 12.2. The SMILES string of the molecule is C#CCOc1cc(Br)c(/C=C2\C(=O)NC(=S)N(C)C2=O)cc1OC. The number of terminal acetylenes is 1. The van der Waals surface area contributed by atoms with Crippen LogP contribution in [0.4, 0.5) is 0 Å². The van der Waals surface area contributed by atoms with E-state index in [1.165, 1.54) is 25.1 Å². The Kier molecular flexibility index (Phi) is 5.59. The zero-order valence-corrected chi connectivity index (χ0v) is 15.3. The average Bonchev–Trinajstić information content (AvgIpc) is 2.56. The quantitative estimate of drug-likeness (QED) is 0.355. The first kappa shape index (κ1) is 18.0. The van der Waals surface area contributed by atoms with E-state index in [0.717, 1.165) is 0 Å². The molecule has 0 radical (unpaired) electrons. The minimum atomic E-state index is -0.554. The fourth-order valence-electron chi connectivity index (χ4n) is 1.95. The molecule has 1 heterocycles. The summed E-state index contributed by atoms with van der Waals surface area (Å²) in [5.74, 6) is 2.20. The highest BCUT2D eigenvalue weighted by Crippen LogP contribution is 2.34. The van der Waals surface area contributed by atoms with Gasteiger partial charge in [-0.2, -0.15) is 0 Å². The van der Waals surface area contributed by atoms with Crippen LogP contribution in [0.15, 0.2) is 22.2 Å². The molecule has 2 rings (SSSR count). The Morgan fingerprint density at radius 2 is 2.12 bits per heavy atom. The lowest BCUT2D eigenvalue weighted by Crippen LogP contribution is -2.52. The number of nitrogens with one attached hydrogen (secondary N) is 1. The standard InChI is InChI=1S/C16H13BrN2O4S/c1-4-5-23-13-8-11(17)9(7-12(13)22-3)6-10-14(20)18-16(24)19(2)15(10)21/h1,6-8H,5H2,2-3H3,(H,18,20,24)/b10-6+. The number of ether oxygens (including phenoxy) is 2. The van der Waals surface area contributed by atoms with Gasteiger partial charge in [-0.3, -0.25) is 19.8 Å². The largest absolute Gasteiger partial charge is 0.493 e. The zero-order valence-electron chi connectivity index (χ0n) is 12.9. The van der Waals surface area contributed by atoms with E-state index >= 15 is 0 Å². The molecule has 0 unspecified atom stereocenters. The molecule has 1 fully saturated rings. The van der Waals surface area contributed by atoms with E-state index in [0.29, 0.717) is 21.5 Å². The summed E-state index contributed by atoms with van der Waals surface area (Å²) >= 11 is 8.29. The van der Waals surface area contributed by atoms with Gasteiger partial charge >= 0.3 is 0 Å². The molecule has 1 aliphatic rings. The summed E-state index contributed by atoms with van der Waals surface area (Å²) in [5, 5.41) is 2.52. The Morgan fingerprint density at radius 1 is 1.42 bits per heavy atom. The second kappa shape index (κ2) is 7.47. The molecule has 6 nitrogen and oxygen atoms in total. The summed E-state index contributed by atoms with van der Waals surface area (Å²) in [5.41, 5.74) is 0.533. The predicted octanol–water partition coefficient (Wildman–Crippen LogP) is 1.73. The van der Waals surface area contributed by atoms with Crippen LogP contribution in [-0.2, 0) is 9.59 Å². The number of nitrogens with zero attached hydrogens (tertiary/aromatic N) is 1. The van der Waals surface area contributed by atoms with Crippen molar-refractivity contribution in [2.45, 2.75) is 0 Å². The number of benzene rings is 1. The van der Waals surface area contributed by atoms with Crippen molar-refractivity contribution >= 4 is 51.2 Å². The number of thiocarbonyl (C=S) groups is 1. The summed E-state index contributed by atoms with van der Waals surface area (Å²) in [6.07, 6.45) is 6.63. The van der Waals surface area contributed by atoms with E-state index in [4.69, 9.17) is 28.1 Å². The van der Waals surface area contributed by atoms with Gasteiger partial charge in [0.2, 0.25) is 0 Å². The van der Waals surface area contributed by atoms with Crippen LogP contribution in [-0.4, -0.2) is 42.6 Å². The van der Waals surface area contributed by atoms with Gasteiger partial charge in [0, 0.05) is 11.5 Å². The number of carbonyl (C=O) groups is 2. The number of halogens is 1. The molecule has 1 aliphatic heterocycles. The molecule has 1 aromatic carbocycles. The third kappa shape index (κ3) is 3.58. The molecule has 0 aliphatic carbocycles. The topological polar surface area (TPSA) is 67.9 Å². The van der Waals surface area contributed by atoms with E-state index in [2.05, 4.69) is 27.2 Å². The molecule has 0 aromatic heterocycles. The Labute approximate surface area is 152 Å². The van der Waals surface area contributed by atoms with E-state index < -0.39 is 11.8 Å².